The molecule has 0 amide bonds. The van der Waals surface area contributed by atoms with Gasteiger partial charge in [-0.2, -0.15) is 0 Å². The predicted octanol–water partition coefficient (Wildman–Crippen LogP) is 3.38. The third-order valence-electron chi connectivity index (χ3n) is 2.97. The van der Waals surface area contributed by atoms with Crippen LogP contribution in [-0.4, -0.2) is 25.8 Å². The quantitative estimate of drug-likeness (QED) is 0.742. The second-order valence-electron chi connectivity index (χ2n) is 5.10. The van der Waals surface area contributed by atoms with Gasteiger partial charge in [0.05, 0.1) is 12.7 Å². The van der Waals surface area contributed by atoms with Gasteiger partial charge in [-0.3, -0.25) is 0 Å². The van der Waals surface area contributed by atoms with Crippen molar-refractivity contribution in [2.75, 3.05) is 13.7 Å². The summed E-state index contributed by atoms with van der Waals surface area (Å²) in [6, 6.07) is 8.59. The normalized spacial score (nSPS) is 14.1. The Balaban J connectivity index is 2.42. The Labute approximate surface area is 117 Å². The Morgan fingerprint density at radius 2 is 2.05 bits per heavy atom. The van der Waals surface area contributed by atoms with Gasteiger partial charge in [0, 0.05) is 13.2 Å². The van der Waals surface area contributed by atoms with Crippen molar-refractivity contribution in [1.29, 1.82) is 0 Å². The number of rotatable bonds is 9. The Morgan fingerprint density at radius 3 is 2.74 bits per heavy atom. The minimum absolute atomic E-state index is 0.206. The van der Waals surface area contributed by atoms with Gasteiger partial charge in [0.15, 0.2) is 0 Å². The van der Waals surface area contributed by atoms with Crippen LogP contribution in [0.25, 0.3) is 0 Å². The van der Waals surface area contributed by atoms with Crippen LogP contribution in [0.4, 0.5) is 0 Å². The highest BCUT2D eigenvalue weighted by Gasteiger charge is 2.09. The zero-order valence-corrected chi connectivity index (χ0v) is 12.6. The molecule has 108 valence electrons. The average Bonchev–Trinajstić information content (AvgIpc) is 2.37. The van der Waals surface area contributed by atoms with E-state index in [0.717, 1.165) is 24.3 Å². The van der Waals surface area contributed by atoms with Crippen LogP contribution < -0.4 is 10.1 Å². The van der Waals surface area contributed by atoms with E-state index >= 15 is 0 Å². The molecular formula is C16H27NO2. The lowest BCUT2D eigenvalue weighted by Crippen LogP contribution is -2.31. The maximum atomic E-state index is 5.96. The van der Waals surface area contributed by atoms with Crippen LogP contribution >= 0.6 is 0 Å². The van der Waals surface area contributed by atoms with Crippen LogP contribution in [0, 0.1) is 0 Å². The molecule has 0 aliphatic rings. The average molecular weight is 265 g/mol. The molecule has 0 heterocycles. The van der Waals surface area contributed by atoms with Crippen LogP contribution in [0.2, 0.25) is 0 Å². The van der Waals surface area contributed by atoms with Crippen LogP contribution in [0.3, 0.4) is 0 Å². The Kier molecular flexibility index (Phi) is 7.53. The van der Waals surface area contributed by atoms with Crippen molar-refractivity contribution in [1.82, 2.24) is 5.32 Å². The van der Waals surface area contributed by atoms with E-state index in [1.807, 2.05) is 24.3 Å². The molecule has 0 spiro atoms. The summed E-state index contributed by atoms with van der Waals surface area (Å²) >= 11 is 0. The summed E-state index contributed by atoms with van der Waals surface area (Å²) in [6.45, 7) is 8.20. The van der Waals surface area contributed by atoms with E-state index in [2.05, 4.69) is 26.1 Å². The first-order valence-electron chi connectivity index (χ1n) is 7.13. The number of ether oxygens (including phenoxy) is 2. The predicted molar refractivity (Wildman–Crippen MR) is 79.6 cm³/mol. The first-order valence-corrected chi connectivity index (χ1v) is 7.13. The summed E-state index contributed by atoms with van der Waals surface area (Å²) in [6.07, 6.45) is 2.38. The maximum absolute atomic E-state index is 5.96. The molecule has 0 saturated heterocycles. The lowest BCUT2D eigenvalue weighted by atomic mass is 10.1. The van der Waals surface area contributed by atoms with E-state index in [0.29, 0.717) is 12.6 Å². The zero-order valence-electron chi connectivity index (χ0n) is 12.6. The van der Waals surface area contributed by atoms with E-state index in [9.17, 15) is 0 Å². The SMILES string of the molecule is CCCNC(C)CC(C)Oc1cccc(COC)c1. The van der Waals surface area contributed by atoms with Gasteiger partial charge >= 0.3 is 0 Å². The van der Waals surface area contributed by atoms with E-state index in [4.69, 9.17) is 9.47 Å². The van der Waals surface area contributed by atoms with E-state index in [1.54, 1.807) is 7.11 Å². The molecule has 1 N–H and O–H groups in total. The third kappa shape index (κ3) is 6.60. The lowest BCUT2D eigenvalue weighted by molar-refractivity contribution is 0.181. The van der Waals surface area contributed by atoms with Crippen molar-refractivity contribution in [3.8, 4) is 5.75 Å². The van der Waals surface area contributed by atoms with Crippen molar-refractivity contribution in [3.05, 3.63) is 29.8 Å². The molecule has 0 radical (unpaired) electrons. The molecule has 3 heteroatoms. The maximum Gasteiger partial charge on any atom is 0.120 e. The standard InChI is InChI=1S/C16H27NO2/c1-5-9-17-13(2)10-14(3)19-16-8-6-7-15(11-16)12-18-4/h6-8,11,13-14,17H,5,9-10,12H2,1-4H3. The van der Waals surface area contributed by atoms with Gasteiger partial charge in [0.25, 0.3) is 0 Å². The highest BCUT2D eigenvalue weighted by molar-refractivity contribution is 5.28. The lowest BCUT2D eigenvalue weighted by Gasteiger charge is -2.20. The molecular weight excluding hydrogens is 238 g/mol. The van der Waals surface area contributed by atoms with Crippen molar-refractivity contribution < 1.29 is 9.47 Å². The molecule has 1 aromatic carbocycles. The van der Waals surface area contributed by atoms with Crippen molar-refractivity contribution in [2.45, 2.75) is 52.4 Å². The highest BCUT2D eigenvalue weighted by Crippen LogP contribution is 2.17. The van der Waals surface area contributed by atoms with Crippen molar-refractivity contribution >= 4 is 0 Å². The van der Waals surface area contributed by atoms with Gasteiger partial charge in [-0.05, 0) is 50.9 Å². The molecule has 0 aliphatic carbocycles. The summed E-state index contributed by atoms with van der Waals surface area (Å²) in [4.78, 5) is 0. The fourth-order valence-corrected chi connectivity index (χ4v) is 2.13. The summed E-state index contributed by atoms with van der Waals surface area (Å²) in [5.41, 5.74) is 1.14. The second kappa shape index (κ2) is 8.94. The van der Waals surface area contributed by atoms with Crippen LogP contribution in [0.1, 0.15) is 39.2 Å². The van der Waals surface area contributed by atoms with E-state index < -0.39 is 0 Å². The van der Waals surface area contributed by atoms with Gasteiger partial charge in [-0.25, -0.2) is 0 Å². The first kappa shape index (κ1) is 16.0. The molecule has 0 saturated carbocycles. The smallest absolute Gasteiger partial charge is 0.120 e. The fourth-order valence-electron chi connectivity index (χ4n) is 2.13. The van der Waals surface area contributed by atoms with Gasteiger partial charge in [-0.15, -0.1) is 0 Å². The van der Waals surface area contributed by atoms with Gasteiger partial charge in [-0.1, -0.05) is 19.1 Å². The number of hydrogen-bond donors (Lipinski definition) is 1. The van der Waals surface area contributed by atoms with E-state index in [-0.39, 0.29) is 6.10 Å². The largest absolute Gasteiger partial charge is 0.491 e. The van der Waals surface area contributed by atoms with Gasteiger partial charge < -0.3 is 14.8 Å². The first-order chi connectivity index (χ1) is 9.15. The van der Waals surface area contributed by atoms with Crippen molar-refractivity contribution in [3.63, 3.8) is 0 Å². The Hall–Kier alpha value is -1.06. The number of benzene rings is 1. The fraction of sp³-hybridized carbons (Fsp3) is 0.625. The molecule has 2 atom stereocenters. The Bertz CT molecular complexity index is 354. The topological polar surface area (TPSA) is 30.5 Å². The minimum atomic E-state index is 0.206. The Morgan fingerprint density at radius 1 is 1.26 bits per heavy atom. The monoisotopic (exact) mass is 265 g/mol. The summed E-state index contributed by atoms with van der Waals surface area (Å²) in [5, 5.41) is 3.48. The van der Waals surface area contributed by atoms with Crippen LogP contribution in [-0.2, 0) is 11.3 Å². The van der Waals surface area contributed by atoms with Gasteiger partial charge in [0.2, 0.25) is 0 Å². The molecule has 0 aliphatic heterocycles. The summed E-state index contributed by atoms with van der Waals surface area (Å²) < 4.78 is 11.1. The summed E-state index contributed by atoms with van der Waals surface area (Å²) in [7, 11) is 1.71. The van der Waals surface area contributed by atoms with Crippen LogP contribution in [0.5, 0.6) is 5.75 Å². The molecule has 0 fully saturated rings. The second-order valence-corrected chi connectivity index (χ2v) is 5.10. The molecule has 0 aromatic heterocycles. The number of nitrogens with one attached hydrogen (secondary N) is 1. The minimum Gasteiger partial charge on any atom is -0.491 e. The number of methoxy groups -OCH3 is 1. The zero-order chi connectivity index (χ0) is 14.1. The van der Waals surface area contributed by atoms with Gasteiger partial charge in [0.1, 0.15) is 5.75 Å². The molecule has 1 aromatic rings. The molecule has 0 bridgehead atoms. The molecule has 19 heavy (non-hydrogen) atoms. The number of hydrogen-bond acceptors (Lipinski definition) is 3. The third-order valence-corrected chi connectivity index (χ3v) is 2.97. The molecule has 2 unspecified atom stereocenters. The van der Waals surface area contributed by atoms with Crippen molar-refractivity contribution in [2.24, 2.45) is 0 Å². The summed E-state index contributed by atoms with van der Waals surface area (Å²) in [5.74, 6) is 0.921. The van der Waals surface area contributed by atoms with Crippen LogP contribution in [0.15, 0.2) is 24.3 Å². The molecule has 1 rings (SSSR count). The van der Waals surface area contributed by atoms with E-state index in [1.165, 1.54) is 6.42 Å². The molecule has 3 nitrogen and oxygen atoms in total. The highest BCUT2D eigenvalue weighted by atomic mass is 16.5.